The Morgan fingerprint density at radius 1 is 0.938 bits per heavy atom. The highest BCUT2D eigenvalue weighted by atomic mass is 32.2. The second kappa shape index (κ2) is 12.9. The molecule has 0 aliphatic carbocycles. The van der Waals surface area contributed by atoms with Crippen LogP contribution in [0.5, 0.6) is 0 Å². The summed E-state index contributed by atoms with van der Waals surface area (Å²) in [4.78, 5) is 43.0. The van der Waals surface area contributed by atoms with E-state index >= 15 is 0 Å². The van der Waals surface area contributed by atoms with Crippen LogP contribution in [0.15, 0.2) is 112 Å². The third kappa shape index (κ3) is 6.53. The largest absolute Gasteiger partial charge is 0.461 e. The number of carbonyl (C=O) groups is 3. The fourth-order valence-electron chi connectivity index (χ4n) is 5.16. The Hall–Kier alpha value is -6.19. The molecule has 1 N–H and O–H groups in total. The number of furan rings is 1. The zero-order valence-electron chi connectivity index (χ0n) is 24.7. The average molecular weight is 674 g/mol. The molecule has 0 bridgehead atoms. The maximum atomic E-state index is 14.3. The van der Waals surface area contributed by atoms with Crippen LogP contribution in [0.25, 0.3) is 0 Å². The predicted molar refractivity (Wildman–Crippen MR) is 162 cm³/mol. The van der Waals surface area contributed by atoms with E-state index in [0.29, 0.717) is 6.07 Å². The Morgan fingerprint density at radius 2 is 1.56 bits per heavy atom. The van der Waals surface area contributed by atoms with Gasteiger partial charge < -0.3 is 9.32 Å². The van der Waals surface area contributed by atoms with Crippen LogP contribution in [0.4, 0.5) is 23.7 Å². The molecule has 2 heterocycles. The van der Waals surface area contributed by atoms with Crippen LogP contribution in [0.3, 0.4) is 0 Å². The average Bonchev–Trinajstić information content (AvgIpc) is 3.61. The van der Waals surface area contributed by atoms with Gasteiger partial charge in [-0.2, -0.15) is 23.7 Å². The molecule has 3 amide bonds. The van der Waals surface area contributed by atoms with Gasteiger partial charge in [0.25, 0.3) is 15.9 Å². The molecule has 1 atom stereocenters. The molecule has 11 nitrogen and oxygen atoms in total. The highest BCUT2D eigenvalue weighted by molar-refractivity contribution is 7.90. The Morgan fingerprint density at radius 3 is 2.12 bits per heavy atom. The lowest BCUT2D eigenvalue weighted by atomic mass is 9.88. The van der Waals surface area contributed by atoms with E-state index in [1.807, 2.05) is 16.9 Å². The molecule has 0 radical (unpaired) electrons. The zero-order valence-corrected chi connectivity index (χ0v) is 25.5. The van der Waals surface area contributed by atoms with Crippen LogP contribution in [0, 0.1) is 22.7 Å². The summed E-state index contributed by atoms with van der Waals surface area (Å²) < 4.78 is 74.4. The van der Waals surface area contributed by atoms with Gasteiger partial charge in [-0.3, -0.25) is 14.5 Å². The summed E-state index contributed by atoms with van der Waals surface area (Å²) in [5.41, 5.74) is -1.02. The van der Waals surface area contributed by atoms with Gasteiger partial charge in [0, 0.05) is 5.70 Å². The van der Waals surface area contributed by atoms with Crippen molar-refractivity contribution in [2.45, 2.75) is 24.0 Å². The van der Waals surface area contributed by atoms with Crippen LogP contribution >= 0.6 is 0 Å². The zero-order chi connectivity index (χ0) is 34.8. The number of allylic oxidation sites excluding steroid dienone is 1. The van der Waals surface area contributed by atoms with Gasteiger partial charge in [0.1, 0.15) is 6.54 Å². The Labute approximate surface area is 271 Å². The maximum absolute atomic E-state index is 14.3. The van der Waals surface area contributed by atoms with E-state index in [0.717, 1.165) is 34.1 Å². The van der Waals surface area contributed by atoms with Crippen LogP contribution in [-0.2, 0) is 21.0 Å². The maximum Gasteiger partial charge on any atom is 0.416 e. The van der Waals surface area contributed by atoms with Crippen molar-refractivity contribution in [3.8, 4) is 12.1 Å². The monoisotopic (exact) mass is 673 g/mol. The van der Waals surface area contributed by atoms with Crippen molar-refractivity contribution in [1.29, 1.82) is 10.5 Å². The molecule has 0 fully saturated rings. The van der Waals surface area contributed by atoms with E-state index in [4.69, 9.17) is 9.68 Å². The molecule has 0 saturated carbocycles. The second-order valence-electron chi connectivity index (χ2n) is 10.4. The third-order valence-corrected chi connectivity index (χ3v) is 8.77. The Balaban J connectivity index is 1.66. The van der Waals surface area contributed by atoms with Gasteiger partial charge in [-0.15, -0.1) is 0 Å². The van der Waals surface area contributed by atoms with Gasteiger partial charge in [0.15, 0.2) is 5.76 Å². The van der Waals surface area contributed by atoms with E-state index < -0.39 is 52.1 Å². The number of ketones is 1. The molecule has 48 heavy (non-hydrogen) atoms. The lowest BCUT2D eigenvalue weighted by Gasteiger charge is -2.42. The van der Waals surface area contributed by atoms with Gasteiger partial charge in [0.2, 0.25) is 5.78 Å². The molecule has 242 valence electrons. The fraction of sp³-hybridized carbons (Fsp3) is 0.121. The molecule has 1 unspecified atom stereocenters. The minimum Gasteiger partial charge on any atom is -0.461 e. The van der Waals surface area contributed by atoms with Crippen LogP contribution in [-0.4, -0.2) is 37.6 Å². The SMILES string of the molecule is CC1=C(C(=O)c2ccco2)C(c2ccc(C#N)cc2)N(CC(=O)NS(=O)(=O)c2ccc(C#N)cc2)C(=O)N1c1cccc(C(F)(F)F)c1. The highest BCUT2D eigenvalue weighted by Crippen LogP contribution is 2.42. The number of Topliss-reactive ketones (excluding diaryl/α,β-unsaturated/α-hetero) is 1. The normalized spacial score (nSPS) is 15.1. The Bertz CT molecular complexity index is 2130. The van der Waals surface area contributed by atoms with Crippen molar-refractivity contribution >= 4 is 33.4 Å². The summed E-state index contributed by atoms with van der Waals surface area (Å²) >= 11 is 0. The summed E-state index contributed by atoms with van der Waals surface area (Å²) in [6.07, 6.45) is -3.57. The first-order chi connectivity index (χ1) is 22.7. The van der Waals surface area contributed by atoms with Crippen LogP contribution < -0.4 is 9.62 Å². The number of alkyl halides is 3. The number of sulfonamides is 1. The van der Waals surface area contributed by atoms with E-state index in [9.17, 15) is 41.2 Å². The smallest absolute Gasteiger partial charge is 0.416 e. The number of anilines is 1. The van der Waals surface area contributed by atoms with Gasteiger partial charge in [-0.05, 0) is 79.2 Å². The molecule has 1 aliphatic rings. The van der Waals surface area contributed by atoms with Gasteiger partial charge in [-0.1, -0.05) is 18.2 Å². The van der Waals surface area contributed by atoms with Crippen LogP contribution in [0.2, 0.25) is 0 Å². The number of amides is 3. The molecular weight excluding hydrogens is 651 g/mol. The third-order valence-electron chi connectivity index (χ3n) is 7.38. The number of hydrogen-bond acceptors (Lipinski definition) is 8. The van der Waals surface area contributed by atoms with Crippen molar-refractivity contribution in [2.75, 3.05) is 11.4 Å². The molecule has 0 spiro atoms. The number of urea groups is 1. The van der Waals surface area contributed by atoms with Crippen molar-refractivity contribution < 1.29 is 40.4 Å². The molecule has 1 aromatic heterocycles. The first-order valence-electron chi connectivity index (χ1n) is 13.9. The number of nitrogens with one attached hydrogen (secondary N) is 1. The van der Waals surface area contributed by atoms with Crippen molar-refractivity contribution in [1.82, 2.24) is 9.62 Å². The lowest BCUT2D eigenvalue weighted by molar-refractivity contribution is -0.137. The number of carbonyl (C=O) groups excluding carboxylic acids is 3. The van der Waals surface area contributed by atoms with Crippen LogP contribution in [0.1, 0.15) is 45.8 Å². The lowest BCUT2D eigenvalue weighted by Crippen LogP contribution is -2.54. The summed E-state index contributed by atoms with van der Waals surface area (Å²) in [6.45, 7) is 0.356. The summed E-state index contributed by atoms with van der Waals surface area (Å²) in [5.74, 6) is -2.18. The molecule has 4 aromatic rings. The van der Waals surface area contributed by atoms with Crippen molar-refractivity contribution in [2.24, 2.45) is 0 Å². The van der Waals surface area contributed by atoms with E-state index in [2.05, 4.69) is 0 Å². The number of nitrogens with zero attached hydrogens (tertiary/aromatic N) is 4. The quantitative estimate of drug-likeness (QED) is 0.233. The molecule has 3 aromatic carbocycles. The second-order valence-corrected chi connectivity index (χ2v) is 12.1. The molecule has 5 rings (SSSR count). The number of hydrogen-bond donors (Lipinski definition) is 1. The van der Waals surface area contributed by atoms with Gasteiger partial charge in [0.05, 0.1) is 57.3 Å². The summed E-state index contributed by atoms with van der Waals surface area (Å²) in [7, 11) is -4.52. The minimum atomic E-state index is -4.79. The predicted octanol–water partition coefficient (Wildman–Crippen LogP) is 5.69. The summed E-state index contributed by atoms with van der Waals surface area (Å²) in [5, 5.41) is 18.3. The van der Waals surface area contributed by atoms with E-state index in [-0.39, 0.29) is 44.3 Å². The first kappa shape index (κ1) is 33.2. The number of halogens is 3. The highest BCUT2D eigenvalue weighted by Gasteiger charge is 2.44. The molecular formula is C33H22F3N5O6S. The van der Waals surface area contributed by atoms with E-state index in [1.54, 1.807) is 0 Å². The Kier molecular flexibility index (Phi) is 8.92. The first-order valence-corrected chi connectivity index (χ1v) is 15.4. The summed E-state index contributed by atoms with van der Waals surface area (Å²) in [6, 6.07) is 18.2. The molecule has 1 aliphatic heterocycles. The van der Waals surface area contributed by atoms with Gasteiger partial charge in [-0.25, -0.2) is 17.9 Å². The van der Waals surface area contributed by atoms with Crippen molar-refractivity contribution in [3.63, 3.8) is 0 Å². The standard InChI is InChI=1S/C33H22F3N5O6S/c1-20-29(31(43)27-6-3-15-47-27)30(23-11-7-21(17-37)8-12-23)40(32(44)41(20)25-5-2-4-24(16-25)33(34,35)36)19-28(42)39-48(45,46)26-13-9-22(18-38)10-14-26/h2-16,30H,19H2,1H3,(H,39,42). The topological polar surface area (TPSA) is 165 Å². The molecule has 0 saturated heterocycles. The minimum absolute atomic E-state index is 0.0862. The fourth-order valence-corrected chi connectivity index (χ4v) is 6.14. The van der Waals surface area contributed by atoms with E-state index in [1.165, 1.54) is 67.8 Å². The number of nitriles is 2. The number of rotatable bonds is 8. The van der Waals surface area contributed by atoms with Crippen molar-refractivity contribution in [3.05, 3.63) is 130 Å². The number of benzene rings is 3. The molecule has 15 heteroatoms. The van der Waals surface area contributed by atoms with Gasteiger partial charge >= 0.3 is 12.2 Å².